The molecule has 0 saturated carbocycles. The molecule has 0 aromatic carbocycles. The predicted molar refractivity (Wildman–Crippen MR) is 52.8 cm³/mol. The lowest BCUT2D eigenvalue weighted by Crippen LogP contribution is -2.40. The molecule has 1 aliphatic rings. The van der Waals surface area contributed by atoms with Gasteiger partial charge in [-0.3, -0.25) is 4.90 Å². The van der Waals surface area contributed by atoms with Crippen molar-refractivity contribution >= 4 is 21.3 Å². The van der Waals surface area contributed by atoms with Gasteiger partial charge < -0.3 is 0 Å². The summed E-state index contributed by atoms with van der Waals surface area (Å²) in [6, 6.07) is 0. The first-order valence-electron chi connectivity index (χ1n) is 4.33. The summed E-state index contributed by atoms with van der Waals surface area (Å²) in [6.45, 7) is 3.99. The van der Waals surface area contributed by atoms with Crippen LogP contribution in [0, 0.1) is 0 Å². The van der Waals surface area contributed by atoms with Crippen LogP contribution >= 0.6 is 16.1 Å². The predicted octanol–water partition coefficient (Wildman–Crippen LogP) is 3.93. The van der Waals surface area contributed by atoms with Gasteiger partial charge in [0, 0.05) is 21.3 Å². The van der Waals surface area contributed by atoms with E-state index >= 15 is 0 Å². The SMILES string of the molecule is CCN(CC)C1=PC(F)(F)P1C(F)(F)F. The number of hydrogen-bond donors (Lipinski definition) is 0. The second-order valence-corrected chi connectivity index (χ2v) is 6.97. The van der Waals surface area contributed by atoms with E-state index in [0.29, 0.717) is 13.1 Å². The van der Waals surface area contributed by atoms with E-state index in [1.165, 1.54) is 4.90 Å². The van der Waals surface area contributed by atoms with Gasteiger partial charge in [0.1, 0.15) is 7.92 Å². The van der Waals surface area contributed by atoms with Gasteiger partial charge in [-0.1, -0.05) is 13.8 Å². The Labute approximate surface area is 87.2 Å². The quantitative estimate of drug-likeness (QED) is 0.552. The zero-order valence-electron chi connectivity index (χ0n) is 8.15. The zero-order valence-corrected chi connectivity index (χ0v) is 9.93. The van der Waals surface area contributed by atoms with Crippen molar-refractivity contribution in [3.63, 3.8) is 0 Å². The molecular formula is C7H10F5NP2. The van der Waals surface area contributed by atoms with Crippen molar-refractivity contribution in [1.29, 1.82) is 0 Å². The molecule has 0 aliphatic carbocycles. The Balaban J connectivity index is 2.93. The summed E-state index contributed by atoms with van der Waals surface area (Å²) in [5, 5.41) is -3.74. The molecule has 0 aromatic heterocycles. The Kier molecular flexibility index (Phi) is 3.74. The molecule has 0 spiro atoms. The third-order valence-corrected chi connectivity index (χ3v) is 6.28. The molecular weight excluding hydrogens is 255 g/mol. The summed E-state index contributed by atoms with van der Waals surface area (Å²) >= 11 is 0. The van der Waals surface area contributed by atoms with Crippen LogP contribution in [0.1, 0.15) is 13.8 Å². The first-order chi connectivity index (χ1) is 6.74. The summed E-state index contributed by atoms with van der Waals surface area (Å²) in [7, 11) is -3.78. The van der Waals surface area contributed by atoms with Crippen molar-refractivity contribution in [2.75, 3.05) is 13.1 Å². The average molecular weight is 265 g/mol. The van der Waals surface area contributed by atoms with Gasteiger partial charge in [0.15, 0.2) is 0 Å². The fourth-order valence-corrected chi connectivity index (χ4v) is 5.40. The Morgan fingerprint density at radius 3 is 2.00 bits per heavy atom. The highest BCUT2D eigenvalue weighted by molar-refractivity contribution is 7.99. The molecule has 0 aromatic rings. The van der Waals surface area contributed by atoms with Crippen molar-refractivity contribution < 1.29 is 22.0 Å². The van der Waals surface area contributed by atoms with E-state index < -0.39 is 27.4 Å². The van der Waals surface area contributed by atoms with Crippen LogP contribution < -0.4 is 0 Å². The normalized spacial score (nSPS) is 26.1. The lowest BCUT2D eigenvalue weighted by molar-refractivity contribution is -0.0450. The first-order valence-corrected chi connectivity index (χ1v) is 6.57. The van der Waals surface area contributed by atoms with Crippen LogP contribution in [0.15, 0.2) is 0 Å². The number of halogens is 5. The van der Waals surface area contributed by atoms with Crippen LogP contribution in [0.5, 0.6) is 0 Å². The highest BCUT2D eigenvalue weighted by Crippen LogP contribution is 2.77. The Morgan fingerprint density at radius 1 is 1.27 bits per heavy atom. The molecule has 1 aliphatic heterocycles. The largest absolute Gasteiger partial charge is 0.417 e. The van der Waals surface area contributed by atoms with Crippen LogP contribution in [-0.2, 0) is 0 Å². The summed E-state index contributed by atoms with van der Waals surface area (Å²) < 4.78 is 62.8. The third kappa shape index (κ3) is 2.48. The maximum Gasteiger partial charge on any atom is 0.417 e. The van der Waals surface area contributed by atoms with Gasteiger partial charge in [-0.25, -0.2) is 0 Å². The zero-order chi connectivity index (χ0) is 11.9. The second kappa shape index (κ2) is 4.23. The van der Waals surface area contributed by atoms with E-state index in [2.05, 4.69) is 0 Å². The van der Waals surface area contributed by atoms with E-state index in [-0.39, 0.29) is 5.16 Å². The number of nitrogens with zero attached hydrogens (tertiary/aromatic N) is 1. The number of rotatable bonds is 3. The van der Waals surface area contributed by atoms with Crippen LogP contribution in [0.4, 0.5) is 22.0 Å². The minimum atomic E-state index is -4.79. The number of alkyl halides is 5. The molecule has 1 heterocycles. The first kappa shape index (κ1) is 13.3. The Morgan fingerprint density at radius 2 is 1.73 bits per heavy atom. The Hall–Kier alpha value is 0.210. The van der Waals surface area contributed by atoms with Crippen molar-refractivity contribution in [1.82, 2.24) is 4.90 Å². The Bertz CT molecular complexity index is 271. The highest BCUT2D eigenvalue weighted by atomic mass is 31.2. The average Bonchev–Trinajstić information content (AvgIpc) is 2.00. The molecule has 88 valence electrons. The third-order valence-electron chi connectivity index (χ3n) is 2.00. The molecule has 0 amide bonds. The van der Waals surface area contributed by atoms with Crippen LogP contribution in [0.25, 0.3) is 0 Å². The summed E-state index contributed by atoms with van der Waals surface area (Å²) in [5.41, 5.74) is 0. The van der Waals surface area contributed by atoms with Crippen molar-refractivity contribution in [3.8, 4) is 0 Å². The molecule has 0 radical (unpaired) electrons. The van der Waals surface area contributed by atoms with Gasteiger partial charge in [0.05, 0.1) is 5.16 Å². The standard InChI is InChI=1S/C7H10F5NP2/c1-3-13(4-2)5-14-7(11,12)15(5)6(8,9)10/h3-4H2,1-2H3. The molecule has 15 heavy (non-hydrogen) atoms. The lowest BCUT2D eigenvalue weighted by atomic mass is 10.6. The molecule has 8 heteroatoms. The van der Waals surface area contributed by atoms with Crippen molar-refractivity contribution in [3.05, 3.63) is 0 Å². The molecule has 0 N–H and O–H groups in total. The van der Waals surface area contributed by atoms with Gasteiger partial charge in [0.2, 0.25) is 0 Å². The molecule has 1 unspecified atom stereocenters. The van der Waals surface area contributed by atoms with E-state index in [0.717, 1.165) is 0 Å². The molecule has 0 fully saturated rings. The molecule has 0 saturated heterocycles. The molecule has 1 rings (SSSR count). The minimum absolute atomic E-state index is 0.146. The van der Waals surface area contributed by atoms with Gasteiger partial charge in [-0.05, 0) is 0 Å². The van der Waals surface area contributed by atoms with E-state index in [1.54, 1.807) is 13.8 Å². The minimum Gasteiger partial charge on any atom is -0.271 e. The van der Waals surface area contributed by atoms with Gasteiger partial charge in [-0.2, -0.15) is 22.0 Å². The lowest BCUT2D eigenvalue weighted by Gasteiger charge is -2.40. The van der Waals surface area contributed by atoms with E-state index in [9.17, 15) is 22.0 Å². The van der Waals surface area contributed by atoms with E-state index in [4.69, 9.17) is 0 Å². The fraction of sp³-hybridized carbons (Fsp3) is 0.857. The monoisotopic (exact) mass is 265 g/mol. The van der Waals surface area contributed by atoms with Gasteiger partial charge in [-0.15, -0.1) is 0 Å². The van der Waals surface area contributed by atoms with Gasteiger partial charge >= 0.3 is 11.3 Å². The topological polar surface area (TPSA) is 3.24 Å². The van der Waals surface area contributed by atoms with Crippen molar-refractivity contribution in [2.24, 2.45) is 0 Å². The van der Waals surface area contributed by atoms with Crippen molar-refractivity contribution in [2.45, 2.75) is 25.2 Å². The molecule has 0 bridgehead atoms. The van der Waals surface area contributed by atoms with Crippen LogP contribution in [-0.4, -0.2) is 34.5 Å². The van der Waals surface area contributed by atoms with Crippen LogP contribution in [0.2, 0.25) is 0 Å². The van der Waals surface area contributed by atoms with Gasteiger partial charge in [0.25, 0.3) is 0 Å². The number of hydrogen-bond acceptors (Lipinski definition) is 1. The maximum absolute atomic E-state index is 12.8. The van der Waals surface area contributed by atoms with Crippen LogP contribution in [0.3, 0.4) is 0 Å². The summed E-state index contributed by atoms with van der Waals surface area (Å²) in [6.07, 6.45) is 0. The maximum atomic E-state index is 12.8. The smallest absolute Gasteiger partial charge is 0.271 e. The molecule has 1 atom stereocenters. The summed E-state index contributed by atoms with van der Waals surface area (Å²) in [5.74, 6) is -4.79. The fourth-order valence-electron chi connectivity index (χ4n) is 1.28. The molecule has 1 nitrogen and oxygen atoms in total. The summed E-state index contributed by atoms with van der Waals surface area (Å²) in [4.78, 5) is 1.37. The van der Waals surface area contributed by atoms with E-state index in [1.807, 2.05) is 0 Å². The second-order valence-electron chi connectivity index (χ2n) is 2.90. The highest BCUT2D eigenvalue weighted by Gasteiger charge is 2.64.